The van der Waals surface area contributed by atoms with E-state index in [1.54, 1.807) is 0 Å². The normalized spacial score (nSPS) is 11.6. The molecule has 3 heterocycles. The largest absolute Gasteiger partial charge is 0.456 e. The number of nitrogens with zero attached hydrogens (tertiary/aromatic N) is 4. The van der Waals surface area contributed by atoms with E-state index in [0.717, 1.165) is 66.5 Å². The van der Waals surface area contributed by atoms with Gasteiger partial charge in [-0.25, -0.2) is 15.0 Å². The number of rotatable bonds is 6. The number of benzene rings is 8. The summed E-state index contributed by atoms with van der Waals surface area (Å²) in [6, 6.07) is 65.8. The number of para-hydroxylation sites is 2. The molecule has 5 heteroatoms. The van der Waals surface area contributed by atoms with Gasteiger partial charge in [-0.2, -0.15) is 0 Å². The quantitative estimate of drug-likeness (QED) is 0.171. The third-order valence-corrected chi connectivity index (χ3v) is 11.0. The third-order valence-electron chi connectivity index (χ3n) is 11.0. The van der Waals surface area contributed by atoms with Crippen molar-refractivity contribution in [2.45, 2.75) is 6.92 Å². The lowest BCUT2D eigenvalue weighted by Gasteiger charge is -2.13. The van der Waals surface area contributed by atoms with Crippen molar-refractivity contribution in [3.63, 3.8) is 0 Å². The van der Waals surface area contributed by atoms with Crippen LogP contribution in [0.2, 0.25) is 0 Å². The van der Waals surface area contributed by atoms with Crippen LogP contribution in [0.5, 0.6) is 0 Å². The van der Waals surface area contributed by atoms with Crippen molar-refractivity contribution in [3.05, 3.63) is 194 Å². The van der Waals surface area contributed by atoms with E-state index in [4.69, 9.17) is 19.4 Å². The second-order valence-electron chi connectivity index (χ2n) is 14.5. The van der Waals surface area contributed by atoms with Crippen molar-refractivity contribution in [3.8, 4) is 62.1 Å². The fraction of sp³-hybridized carbons (Fsp3) is 0.0192. The average molecular weight is 731 g/mol. The molecule has 0 spiro atoms. The van der Waals surface area contributed by atoms with Gasteiger partial charge in [-0.05, 0) is 65.1 Å². The van der Waals surface area contributed by atoms with Gasteiger partial charge in [-0.3, -0.25) is 0 Å². The molecule has 0 N–H and O–H groups in total. The molecule has 0 fully saturated rings. The monoisotopic (exact) mass is 730 g/mol. The van der Waals surface area contributed by atoms with Crippen LogP contribution >= 0.6 is 0 Å². The number of aromatic nitrogens is 4. The van der Waals surface area contributed by atoms with Crippen LogP contribution < -0.4 is 0 Å². The molecule has 0 saturated carbocycles. The van der Waals surface area contributed by atoms with Crippen LogP contribution in [-0.4, -0.2) is 19.5 Å². The zero-order valence-electron chi connectivity index (χ0n) is 31.1. The van der Waals surface area contributed by atoms with E-state index in [2.05, 4.69) is 151 Å². The van der Waals surface area contributed by atoms with E-state index in [1.165, 1.54) is 27.5 Å². The Morgan fingerprint density at radius 3 is 1.82 bits per heavy atom. The lowest BCUT2D eigenvalue weighted by Crippen LogP contribution is -2.01. The summed E-state index contributed by atoms with van der Waals surface area (Å²) < 4.78 is 8.76. The summed E-state index contributed by atoms with van der Waals surface area (Å²) in [6.07, 6.45) is 0. The zero-order valence-corrected chi connectivity index (χ0v) is 31.1. The fourth-order valence-electron chi connectivity index (χ4n) is 8.29. The van der Waals surface area contributed by atoms with Crippen LogP contribution in [0.4, 0.5) is 0 Å². The molecule has 3 aromatic heterocycles. The molecule has 11 rings (SSSR count). The Balaban J connectivity index is 1.11. The molecule has 0 atom stereocenters. The van der Waals surface area contributed by atoms with E-state index < -0.39 is 0 Å². The highest BCUT2D eigenvalue weighted by Crippen LogP contribution is 2.40. The summed E-state index contributed by atoms with van der Waals surface area (Å²) in [5.74, 6) is 1.81. The smallest absolute Gasteiger partial charge is 0.164 e. The van der Waals surface area contributed by atoms with Gasteiger partial charge in [0.15, 0.2) is 17.5 Å². The lowest BCUT2D eigenvalue weighted by molar-refractivity contribution is 0.666. The highest BCUT2D eigenvalue weighted by molar-refractivity contribution is 6.13. The SMILES string of the molecule is Cc1ccc(-c2nc(-c3ccccc3)nc(-c3cccc(-n4c5ccccc5c5ccc(-c6ccccc6-c6ccccc6)cc54)c3)n2)c2c1oc1ccccc12. The van der Waals surface area contributed by atoms with Gasteiger partial charge >= 0.3 is 0 Å². The summed E-state index contributed by atoms with van der Waals surface area (Å²) in [7, 11) is 0. The Morgan fingerprint density at radius 1 is 0.404 bits per heavy atom. The highest BCUT2D eigenvalue weighted by Gasteiger charge is 2.20. The van der Waals surface area contributed by atoms with Crippen LogP contribution in [0.1, 0.15) is 5.56 Å². The molecule has 5 nitrogen and oxygen atoms in total. The number of hydrogen-bond donors (Lipinski definition) is 0. The molecule has 0 aliphatic carbocycles. The average Bonchev–Trinajstić information content (AvgIpc) is 3.84. The van der Waals surface area contributed by atoms with E-state index in [1.807, 2.05) is 48.5 Å². The first-order valence-corrected chi connectivity index (χ1v) is 19.2. The summed E-state index contributed by atoms with van der Waals surface area (Å²) in [4.78, 5) is 15.5. The first-order valence-electron chi connectivity index (χ1n) is 19.2. The van der Waals surface area contributed by atoms with Gasteiger partial charge < -0.3 is 8.98 Å². The first-order chi connectivity index (χ1) is 28.2. The molecule has 0 aliphatic rings. The summed E-state index contributed by atoms with van der Waals surface area (Å²) >= 11 is 0. The first kappa shape index (κ1) is 32.8. The minimum Gasteiger partial charge on any atom is -0.456 e. The maximum atomic E-state index is 6.39. The topological polar surface area (TPSA) is 56.7 Å². The van der Waals surface area contributed by atoms with E-state index in [-0.39, 0.29) is 0 Å². The van der Waals surface area contributed by atoms with Gasteiger partial charge in [0.25, 0.3) is 0 Å². The molecule has 0 bridgehead atoms. The maximum Gasteiger partial charge on any atom is 0.164 e. The van der Waals surface area contributed by atoms with Gasteiger partial charge in [0, 0.05) is 43.9 Å². The number of furan rings is 1. The van der Waals surface area contributed by atoms with Crippen molar-refractivity contribution in [2.24, 2.45) is 0 Å². The Bertz CT molecular complexity index is 3310. The van der Waals surface area contributed by atoms with Crippen LogP contribution in [-0.2, 0) is 0 Å². The highest BCUT2D eigenvalue weighted by atomic mass is 16.3. The summed E-state index contributed by atoms with van der Waals surface area (Å²) in [5, 5.41) is 4.44. The summed E-state index contributed by atoms with van der Waals surface area (Å²) in [5.41, 5.74) is 13.5. The number of aryl methyl sites for hydroxylation is 1. The molecular weight excluding hydrogens is 697 g/mol. The Kier molecular flexibility index (Phi) is 7.64. The maximum absolute atomic E-state index is 6.39. The molecule has 57 heavy (non-hydrogen) atoms. The summed E-state index contributed by atoms with van der Waals surface area (Å²) in [6.45, 7) is 2.08. The van der Waals surface area contributed by atoms with Crippen molar-refractivity contribution in [2.75, 3.05) is 0 Å². The van der Waals surface area contributed by atoms with Gasteiger partial charge in [-0.15, -0.1) is 0 Å². The van der Waals surface area contributed by atoms with Crippen molar-refractivity contribution in [1.29, 1.82) is 0 Å². The molecule has 8 aromatic carbocycles. The minimum atomic E-state index is 0.597. The zero-order chi connectivity index (χ0) is 37.9. The van der Waals surface area contributed by atoms with Crippen LogP contribution in [0.3, 0.4) is 0 Å². The van der Waals surface area contributed by atoms with E-state index in [9.17, 15) is 0 Å². The van der Waals surface area contributed by atoms with Crippen molar-refractivity contribution >= 4 is 43.7 Å². The van der Waals surface area contributed by atoms with E-state index >= 15 is 0 Å². The van der Waals surface area contributed by atoms with Gasteiger partial charge in [-0.1, -0.05) is 158 Å². The molecular formula is C52H34N4O. The lowest BCUT2D eigenvalue weighted by atomic mass is 9.94. The molecule has 0 amide bonds. The van der Waals surface area contributed by atoms with Crippen LogP contribution in [0.15, 0.2) is 192 Å². The van der Waals surface area contributed by atoms with Crippen molar-refractivity contribution < 1.29 is 4.42 Å². The Hall–Kier alpha value is -7.63. The van der Waals surface area contributed by atoms with Gasteiger partial charge in [0.2, 0.25) is 0 Å². The standard InChI is InChI=1S/C52H34N4O/c1-33-27-29-44(48-43-24-11-13-26-47(43)57-49(33)48)52-54-50(35-17-6-3-7-18-35)53-51(55-52)37-19-14-20-38(31-37)56-45-25-12-10-23-41(45)42-30-28-36(32-46(42)56)40-22-9-8-21-39(40)34-15-4-2-5-16-34/h2-32H,1H3. The van der Waals surface area contributed by atoms with Crippen LogP contribution in [0, 0.1) is 6.92 Å². The second-order valence-corrected chi connectivity index (χ2v) is 14.5. The molecule has 268 valence electrons. The number of fused-ring (bicyclic) bond motifs is 6. The van der Waals surface area contributed by atoms with Gasteiger partial charge in [0.1, 0.15) is 11.2 Å². The molecule has 0 saturated heterocycles. The number of hydrogen-bond acceptors (Lipinski definition) is 4. The Morgan fingerprint density at radius 2 is 1.02 bits per heavy atom. The predicted molar refractivity (Wildman–Crippen MR) is 233 cm³/mol. The fourth-order valence-corrected chi connectivity index (χ4v) is 8.29. The minimum absolute atomic E-state index is 0.597. The molecule has 11 aromatic rings. The third kappa shape index (κ3) is 5.51. The second kappa shape index (κ2) is 13.3. The molecule has 0 aliphatic heterocycles. The molecule has 0 radical (unpaired) electrons. The van der Waals surface area contributed by atoms with Crippen LogP contribution in [0.25, 0.3) is 106 Å². The van der Waals surface area contributed by atoms with E-state index in [0.29, 0.717) is 17.5 Å². The van der Waals surface area contributed by atoms with Gasteiger partial charge in [0.05, 0.1) is 11.0 Å². The molecule has 0 unspecified atom stereocenters. The predicted octanol–water partition coefficient (Wildman–Crippen LogP) is 13.5. The Labute approximate surface area is 329 Å². The van der Waals surface area contributed by atoms with Crippen molar-refractivity contribution in [1.82, 2.24) is 19.5 Å².